The van der Waals surface area contributed by atoms with E-state index in [1.807, 2.05) is 41.9 Å². The number of carboxylic acids is 1. The van der Waals surface area contributed by atoms with Crippen molar-refractivity contribution in [1.29, 1.82) is 0 Å². The second kappa shape index (κ2) is 7.50. The highest BCUT2D eigenvalue weighted by atomic mass is 32.1. The summed E-state index contributed by atoms with van der Waals surface area (Å²) in [5.41, 5.74) is 0.753. The number of rotatable bonds is 7. The van der Waals surface area contributed by atoms with E-state index in [9.17, 15) is 9.59 Å². The Hall–Kier alpha value is -2.71. The molecule has 0 saturated heterocycles. The van der Waals surface area contributed by atoms with Crippen molar-refractivity contribution in [3.05, 3.63) is 47.0 Å². The number of para-hydroxylation sites is 1. The number of benzene rings is 1. The van der Waals surface area contributed by atoms with Crippen molar-refractivity contribution in [2.45, 2.75) is 25.8 Å². The monoisotopic (exact) mass is 387 g/mol. The summed E-state index contributed by atoms with van der Waals surface area (Å²) in [7, 11) is 1.48. The Labute approximate surface area is 160 Å². The van der Waals surface area contributed by atoms with Gasteiger partial charge in [0.25, 0.3) is 5.91 Å². The van der Waals surface area contributed by atoms with Crippen LogP contribution in [0.3, 0.4) is 0 Å². The predicted octanol–water partition coefficient (Wildman–Crippen LogP) is 3.01. The fourth-order valence-electron chi connectivity index (χ4n) is 3.02. The number of methoxy groups -OCH3 is 1. The van der Waals surface area contributed by atoms with Gasteiger partial charge in [0.1, 0.15) is 4.83 Å². The van der Waals surface area contributed by atoms with Crippen molar-refractivity contribution in [2.75, 3.05) is 13.7 Å². The van der Waals surface area contributed by atoms with Crippen molar-refractivity contribution in [3.8, 4) is 5.69 Å². The molecule has 2 aromatic heterocycles. The lowest BCUT2D eigenvalue weighted by atomic mass is 9.99. The maximum atomic E-state index is 12.8. The zero-order valence-electron chi connectivity index (χ0n) is 15.4. The summed E-state index contributed by atoms with van der Waals surface area (Å²) in [6.45, 7) is 3.66. The maximum absolute atomic E-state index is 12.8. The summed E-state index contributed by atoms with van der Waals surface area (Å²) < 4.78 is 6.91. The average molecular weight is 387 g/mol. The number of hydrogen-bond acceptors (Lipinski definition) is 5. The number of carboxylic acid groups (broad SMARTS) is 1. The molecule has 0 aliphatic carbocycles. The Bertz CT molecular complexity index is 980. The molecule has 1 amide bonds. The number of aromatic nitrogens is 2. The SMILES string of the molecule is COCC(C)(CC(=O)O)NC(=O)c1cc2c(C)nn(-c3ccccc3)c2s1. The van der Waals surface area contributed by atoms with E-state index < -0.39 is 11.5 Å². The average Bonchev–Trinajstić information content (AvgIpc) is 3.16. The number of fused-ring (bicyclic) bond motifs is 1. The molecule has 3 rings (SSSR count). The molecule has 1 unspecified atom stereocenters. The van der Waals surface area contributed by atoms with Crippen LogP contribution in [0, 0.1) is 6.92 Å². The zero-order chi connectivity index (χ0) is 19.6. The zero-order valence-corrected chi connectivity index (χ0v) is 16.2. The molecule has 1 aromatic carbocycles. The van der Waals surface area contributed by atoms with Gasteiger partial charge in [-0.3, -0.25) is 9.59 Å². The first kappa shape index (κ1) is 19.1. The van der Waals surface area contributed by atoms with Gasteiger partial charge < -0.3 is 15.2 Å². The van der Waals surface area contributed by atoms with Gasteiger partial charge in [0, 0.05) is 12.5 Å². The topological polar surface area (TPSA) is 93.4 Å². The summed E-state index contributed by atoms with van der Waals surface area (Å²) in [6.07, 6.45) is -0.228. The first-order chi connectivity index (χ1) is 12.8. The summed E-state index contributed by atoms with van der Waals surface area (Å²) in [6, 6.07) is 11.5. The third kappa shape index (κ3) is 4.01. The van der Waals surface area contributed by atoms with Gasteiger partial charge >= 0.3 is 5.97 Å². The minimum atomic E-state index is -0.998. The van der Waals surface area contributed by atoms with E-state index >= 15 is 0 Å². The maximum Gasteiger partial charge on any atom is 0.305 e. The molecular weight excluding hydrogens is 366 g/mol. The van der Waals surface area contributed by atoms with E-state index in [1.54, 1.807) is 13.0 Å². The van der Waals surface area contributed by atoms with Gasteiger partial charge in [-0.05, 0) is 32.0 Å². The van der Waals surface area contributed by atoms with Crippen LogP contribution >= 0.6 is 11.3 Å². The fourth-order valence-corrected chi connectivity index (χ4v) is 4.10. The Morgan fingerprint density at radius 2 is 2.04 bits per heavy atom. The summed E-state index contributed by atoms with van der Waals surface area (Å²) in [5.74, 6) is -1.32. The molecule has 2 N–H and O–H groups in total. The molecule has 0 bridgehead atoms. The van der Waals surface area contributed by atoms with Crippen LogP contribution in [0.4, 0.5) is 0 Å². The highest BCUT2D eigenvalue weighted by Crippen LogP contribution is 2.30. The first-order valence-electron chi connectivity index (χ1n) is 8.41. The molecule has 142 valence electrons. The van der Waals surface area contributed by atoms with Crippen LogP contribution in [0.2, 0.25) is 0 Å². The minimum absolute atomic E-state index is 0.104. The Kier molecular flexibility index (Phi) is 5.29. The van der Waals surface area contributed by atoms with Gasteiger partial charge in [-0.2, -0.15) is 5.10 Å². The second-order valence-corrected chi connectivity index (χ2v) is 7.71. The first-order valence-corrected chi connectivity index (χ1v) is 9.22. The molecule has 0 aliphatic heterocycles. The number of ether oxygens (including phenoxy) is 1. The molecule has 8 heteroatoms. The Balaban J connectivity index is 1.93. The number of hydrogen-bond donors (Lipinski definition) is 2. The van der Waals surface area contributed by atoms with Crippen LogP contribution < -0.4 is 5.32 Å². The van der Waals surface area contributed by atoms with E-state index in [1.165, 1.54) is 18.4 Å². The smallest absolute Gasteiger partial charge is 0.305 e. The lowest BCUT2D eigenvalue weighted by molar-refractivity contribution is -0.139. The standard InChI is InChI=1S/C19H21N3O4S/c1-12-14-9-15(17(25)20-19(2,11-26-3)10-16(23)24)27-18(14)22(21-12)13-7-5-4-6-8-13/h4-9H,10-11H2,1-3H3,(H,20,25)(H,23,24). The van der Waals surface area contributed by atoms with Gasteiger partial charge in [-0.15, -0.1) is 11.3 Å². The highest BCUT2D eigenvalue weighted by Gasteiger charge is 2.31. The molecule has 0 radical (unpaired) electrons. The fraction of sp³-hybridized carbons (Fsp3) is 0.316. The van der Waals surface area contributed by atoms with Gasteiger partial charge in [-0.1, -0.05) is 18.2 Å². The molecule has 1 atom stereocenters. The van der Waals surface area contributed by atoms with Gasteiger partial charge in [0.15, 0.2) is 0 Å². The molecule has 0 spiro atoms. The number of aliphatic carboxylic acids is 1. The van der Waals surface area contributed by atoms with Crippen molar-refractivity contribution in [1.82, 2.24) is 15.1 Å². The Morgan fingerprint density at radius 3 is 2.67 bits per heavy atom. The molecular formula is C19H21N3O4S. The summed E-state index contributed by atoms with van der Waals surface area (Å²) >= 11 is 1.33. The molecule has 3 aromatic rings. The second-order valence-electron chi connectivity index (χ2n) is 6.68. The van der Waals surface area contributed by atoms with Gasteiger partial charge in [0.2, 0.25) is 0 Å². The molecule has 2 heterocycles. The third-order valence-corrected chi connectivity index (χ3v) is 5.30. The molecule has 0 saturated carbocycles. The number of nitrogens with one attached hydrogen (secondary N) is 1. The lowest BCUT2D eigenvalue weighted by Crippen LogP contribution is -2.50. The number of amides is 1. The number of carbonyl (C=O) groups excluding carboxylic acids is 1. The van der Waals surface area contributed by atoms with E-state index in [0.29, 0.717) is 4.88 Å². The summed E-state index contributed by atoms with van der Waals surface area (Å²) in [4.78, 5) is 25.3. The molecule has 0 aliphatic rings. The minimum Gasteiger partial charge on any atom is -0.481 e. The van der Waals surface area contributed by atoms with E-state index in [2.05, 4.69) is 10.4 Å². The van der Waals surface area contributed by atoms with Crippen LogP contribution in [-0.2, 0) is 9.53 Å². The van der Waals surface area contributed by atoms with Crippen molar-refractivity contribution < 1.29 is 19.4 Å². The normalized spacial score (nSPS) is 13.4. The quantitative estimate of drug-likeness (QED) is 0.650. The lowest BCUT2D eigenvalue weighted by Gasteiger charge is -2.28. The molecule has 7 nitrogen and oxygen atoms in total. The van der Waals surface area contributed by atoms with Gasteiger partial charge in [0.05, 0.1) is 34.8 Å². The van der Waals surface area contributed by atoms with Crippen molar-refractivity contribution in [3.63, 3.8) is 0 Å². The van der Waals surface area contributed by atoms with Gasteiger partial charge in [-0.25, -0.2) is 4.68 Å². The predicted molar refractivity (Wildman–Crippen MR) is 104 cm³/mol. The van der Waals surface area contributed by atoms with E-state index in [-0.39, 0.29) is 18.9 Å². The highest BCUT2D eigenvalue weighted by molar-refractivity contribution is 7.20. The largest absolute Gasteiger partial charge is 0.481 e. The number of thiophene rings is 1. The van der Waals surface area contributed by atoms with Crippen LogP contribution in [-0.4, -0.2) is 46.0 Å². The van der Waals surface area contributed by atoms with Crippen LogP contribution in [0.25, 0.3) is 15.9 Å². The van der Waals surface area contributed by atoms with Crippen molar-refractivity contribution >= 4 is 33.4 Å². The number of carbonyl (C=O) groups is 2. The van der Waals surface area contributed by atoms with E-state index in [4.69, 9.17) is 9.84 Å². The summed E-state index contributed by atoms with van der Waals surface area (Å²) in [5, 5.41) is 17.4. The van der Waals surface area contributed by atoms with Crippen LogP contribution in [0.5, 0.6) is 0 Å². The molecule has 0 fully saturated rings. The van der Waals surface area contributed by atoms with Crippen molar-refractivity contribution in [2.24, 2.45) is 0 Å². The van der Waals surface area contributed by atoms with Crippen LogP contribution in [0.1, 0.15) is 28.7 Å². The molecule has 27 heavy (non-hydrogen) atoms. The van der Waals surface area contributed by atoms with Crippen LogP contribution in [0.15, 0.2) is 36.4 Å². The Morgan fingerprint density at radius 1 is 1.33 bits per heavy atom. The third-order valence-electron chi connectivity index (χ3n) is 4.19. The number of nitrogens with zero attached hydrogens (tertiary/aromatic N) is 2. The van der Waals surface area contributed by atoms with E-state index in [0.717, 1.165) is 21.6 Å². The number of aryl methyl sites for hydroxylation is 1.